The number of benzene rings is 2. The minimum absolute atomic E-state index is 0.0494. The molecule has 0 bridgehead atoms. The van der Waals surface area contributed by atoms with Gasteiger partial charge >= 0.3 is 0 Å². The smallest absolute Gasteiger partial charge is 0.262 e. The van der Waals surface area contributed by atoms with Gasteiger partial charge in [0, 0.05) is 9.86 Å². The van der Waals surface area contributed by atoms with Crippen molar-refractivity contribution in [3.8, 4) is 5.75 Å². The minimum Gasteiger partial charge on any atom is -0.484 e. The molecule has 2 N–H and O–H groups in total. The highest BCUT2D eigenvalue weighted by Crippen LogP contribution is 2.20. The van der Waals surface area contributed by atoms with Crippen molar-refractivity contribution >= 4 is 38.4 Å². The second-order valence-corrected chi connectivity index (χ2v) is 5.35. The summed E-state index contributed by atoms with van der Waals surface area (Å²) in [5.41, 5.74) is 1.49. The number of rotatable bonds is 4. The standard InChI is InChI=1S/C15H12BrN3O2/c16-11-4-6-12(7-5-11)21-9-14(20)18-13-3-1-2-10-8-17-19-15(10)13/h1-8H,9H2,(H,17,19)(H,18,20). The summed E-state index contributed by atoms with van der Waals surface area (Å²) >= 11 is 3.34. The van der Waals surface area contributed by atoms with Gasteiger partial charge < -0.3 is 10.1 Å². The van der Waals surface area contributed by atoms with Crippen LogP contribution in [0.3, 0.4) is 0 Å². The Bertz CT molecular complexity index is 768. The van der Waals surface area contributed by atoms with Gasteiger partial charge in [-0.15, -0.1) is 0 Å². The van der Waals surface area contributed by atoms with E-state index in [0.717, 1.165) is 15.4 Å². The Morgan fingerprint density at radius 3 is 2.86 bits per heavy atom. The number of ether oxygens (including phenoxy) is 1. The van der Waals surface area contributed by atoms with Gasteiger partial charge in [-0.3, -0.25) is 9.89 Å². The first-order valence-electron chi connectivity index (χ1n) is 6.33. The third-order valence-corrected chi connectivity index (χ3v) is 3.46. The molecule has 1 amide bonds. The van der Waals surface area contributed by atoms with E-state index < -0.39 is 0 Å². The Kier molecular flexibility index (Phi) is 3.87. The van der Waals surface area contributed by atoms with Gasteiger partial charge in [0.05, 0.1) is 17.4 Å². The van der Waals surface area contributed by atoms with Gasteiger partial charge in [0.1, 0.15) is 5.75 Å². The van der Waals surface area contributed by atoms with Gasteiger partial charge in [-0.2, -0.15) is 5.10 Å². The summed E-state index contributed by atoms with van der Waals surface area (Å²) in [6, 6.07) is 12.9. The van der Waals surface area contributed by atoms with Crippen molar-refractivity contribution in [1.29, 1.82) is 0 Å². The summed E-state index contributed by atoms with van der Waals surface area (Å²) in [4.78, 5) is 11.9. The highest BCUT2D eigenvalue weighted by molar-refractivity contribution is 9.10. The monoisotopic (exact) mass is 345 g/mol. The molecule has 0 fully saturated rings. The molecule has 0 atom stereocenters. The molecule has 0 radical (unpaired) electrons. The van der Waals surface area contributed by atoms with Gasteiger partial charge in [0.25, 0.3) is 5.91 Å². The molecule has 0 aliphatic heterocycles. The Labute approximate surface area is 129 Å². The number of carbonyl (C=O) groups excluding carboxylic acids is 1. The lowest BCUT2D eigenvalue weighted by atomic mass is 10.2. The number of aromatic amines is 1. The van der Waals surface area contributed by atoms with Gasteiger partial charge in [0.2, 0.25) is 0 Å². The molecule has 21 heavy (non-hydrogen) atoms. The van der Waals surface area contributed by atoms with Crippen molar-refractivity contribution in [2.45, 2.75) is 0 Å². The molecule has 0 saturated heterocycles. The van der Waals surface area contributed by atoms with E-state index in [4.69, 9.17) is 4.74 Å². The molecule has 0 aliphatic rings. The molecule has 6 heteroatoms. The van der Waals surface area contributed by atoms with Crippen LogP contribution in [0.4, 0.5) is 5.69 Å². The molecule has 0 aliphatic carbocycles. The van der Waals surface area contributed by atoms with Gasteiger partial charge in [-0.05, 0) is 30.3 Å². The lowest BCUT2D eigenvalue weighted by Crippen LogP contribution is -2.20. The first-order chi connectivity index (χ1) is 10.2. The SMILES string of the molecule is O=C(COc1ccc(Br)cc1)Nc1cccc2cn[nH]c12. The van der Waals surface area contributed by atoms with Crippen molar-refractivity contribution in [1.82, 2.24) is 10.2 Å². The number of nitrogens with one attached hydrogen (secondary N) is 2. The van der Waals surface area contributed by atoms with Crippen LogP contribution in [0, 0.1) is 0 Å². The molecule has 0 saturated carbocycles. The van der Waals surface area contributed by atoms with E-state index in [1.165, 1.54) is 0 Å². The second kappa shape index (κ2) is 5.97. The van der Waals surface area contributed by atoms with Crippen LogP contribution >= 0.6 is 15.9 Å². The maximum Gasteiger partial charge on any atom is 0.262 e. The first-order valence-corrected chi connectivity index (χ1v) is 7.12. The van der Waals surface area contributed by atoms with Crippen molar-refractivity contribution in [3.05, 3.63) is 53.1 Å². The summed E-state index contributed by atoms with van der Waals surface area (Å²) < 4.78 is 6.39. The highest BCUT2D eigenvalue weighted by atomic mass is 79.9. The maximum absolute atomic E-state index is 11.9. The fourth-order valence-electron chi connectivity index (χ4n) is 1.94. The molecule has 5 nitrogen and oxygen atoms in total. The zero-order valence-electron chi connectivity index (χ0n) is 11.0. The molecule has 1 heterocycles. The topological polar surface area (TPSA) is 67.0 Å². The minimum atomic E-state index is -0.222. The van der Waals surface area contributed by atoms with Crippen molar-refractivity contribution in [2.75, 3.05) is 11.9 Å². The number of amides is 1. The predicted octanol–water partition coefficient (Wildman–Crippen LogP) is 3.34. The van der Waals surface area contributed by atoms with Crippen LogP contribution in [-0.2, 0) is 4.79 Å². The average molecular weight is 346 g/mol. The lowest BCUT2D eigenvalue weighted by Gasteiger charge is -2.08. The molecule has 3 rings (SSSR count). The normalized spacial score (nSPS) is 10.5. The zero-order chi connectivity index (χ0) is 14.7. The Morgan fingerprint density at radius 1 is 1.24 bits per heavy atom. The number of nitrogens with zero attached hydrogens (tertiary/aromatic N) is 1. The van der Waals surface area contributed by atoms with E-state index in [0.29, 0.717) is 11.4 Å². The number of anilines is 1. The van der Waals surface area contributed by atoms with E-state index >= 15 is 0 Å². The summed E-state index contributed by atoms with van der Waals surface area (Å²) in [6.07, 6.45) is 1.71. The van der Waals surface area contributed by atoms with Crippen LogP contribution in [0.15, 0.2) is 53.1 Å². The number of para-hydroxylation sites is 1. The quantitative estimate of drug-likeness (QED) is 0.761. The summed E-state index contributed by atoms with van der Waals surface area (Å²) in [7, 11) is 0. The van der Waals surface area contributed by atoms with Gasteiger partial charge in [0.15, 0.2) is 6.61 Å². The van der Waals surface area contributed by atoms with E-state index in [2.05, 4.69) is 31.4 Å². The molecule has 0 unspecified atom stereocenters. The summed E-state index contributed by atoms with van der Waals surface area (Å²) in [6.45, 7) is -0.0494. The Hall–Kier alpha value is -2.34. The van der Waals surface area contributed by atoms with Crippen LogP contribution in [0.2, 0.25) is 0 Å². The van der Waals surface area contributed by atoms with E-state index in [-0.39, 0.29) is 12.5 Å². The molecule has 0 spiro atoms. The number of halogens is 1. The maximum atomic E-state index is 11.9. The number of hydrogen-bond donors (Lipinski definition) is 2. The summed E-state index contributed by atoms with van der Waals surface area (Å²) in [5, 5.41) is 10.6. The number of fused-ring (bicyclic) bond motifs is 1. The molecular formula is C15H12BrN3O2. The Balaban J connectivity index is 1.64. The van der Waals surface area contributed by atoms with Crippen LogP contribution in [0.25, 0.3) is 10.9 Å². The zero-order valence-corrected chi connectivity index (χ0v) is 12.6. The van der Waals surface area contributed by atoms with Crippen molar-refractivity contribution in [2.24, 2.45) is 0 Å². The van der Waals surface area contributed by atoms with E-state index in [1.54, 1.807) is 18.3 Å². The van der Waals surface area contributed by atoms with Crippen molar-refractivity contribution in [3.63, 3.8) is 0 Å². The lowest BCUT2D eigenvalue weighted by molar-refractivity contribution is -0.118. The van der Waals surface area contributed by atoms with Crippen LogP contribution in [0.1, 0.15) is 0 Å². The van der Waals surface area contributed by atoms with Gasteiger partial charge in [-0.25, -0.2) is 0 Å². The molecule has 106 valence electrons. The fraction of sp³-hybridized carbons (Fsp3) is 0.0667. The van der Waals surface area contributed by atoms with Crippen molar-refractivity contribution < 1.29 is 9.53 Å². The number of carbonyl (C=O) groups is 1. The Morgan fingerprint density at radius 2 is 2.05 bits per heavy atom. The summed E-state index contributed by atoms with van der Waals surface area (Å²) in [5.74, 6) is 0.424. The third kappa shape index (κ3) is 3.22. The first kappa shape index (κ1) is 13.6. The highest BCUT2D eigenvalue weighted by Gasteiger charge is 2.07. The molecule has 2 aromatic carbocycles. The van der Waals surface area contributed by atoms with Gasteiger partial charge in [-0.1, -0.05) is 28.1 Å². The second-order valence-electron chi connectivity index (χ2n) is 4.43. The number of hydrogen-bond acceptors (Lipinski definition) is 3. The van der Waals surface area contributed by atoms with Crippen LogP contribution < -0.4 is 10.1 Å². The van der Waals surface area contributed by atoms with Crippen LogP contribution in [-0.4, -0.2) is 22.7 Å². The largest absolute Gasteiger partial charge is 0.484 e. The number of aromatic nitrogens is 2. The molecular weight excluding hydrogens is 334 g/mol. The van der Waals surface area contributed by atoms with E-state index in [9.17, 15) is 4.79 Å². The van der Waals surface area contributed by atoms with E-state index in [1.807, 2.05) is 30.3 Å². The molecule has 1 aromatic heterocycles. The fourth-order valence-corrected chi connectivity index (χ4v) is 2.20. The predicted molar refractivity (Wildman–Crippen MR) is 84.4 cm³/mol. The average Bonchev–Trinajstić information content (AvgIpc) is 2.96. The number of H-pyrrole nitrogens is 1. The molecule has 3 aromatic rings. The van der Waals surface area contributed by atoms with Crippen LogP contribution in [0.5, 0.6) is 5.75 Å². The third-order valence-electron chi connectivity index (χ3n) is 2.93.